The molecule has 1 aromatic heterocycles. The van der Waals surface area contributed by atoms with Crippen LogP contribution in [-0.2, 0) is 17.9 Å². The Labute approximate surface area is 178 Å². The second-order valence-corrected chi connectivity index (χ2v) is 8.98. The summed E-state index contributed by atoms with van der Waals surface area (Å²) in [6, 6.07) is 6.36. The van der Waals surface area contributed by atoms with Crippen LogP contribution in [0.1, 0.15) is 31.0 Å². The summed E-state index contributed by atoms with van der Waals surface area (Å²) in [4.78, 5) is 24.8. The molecule has 2 aliphatic carbocycles. The first kappa shape index (κ1) is 18.4. The molecular formula is C23H23BrN4O. The lowest BCUT2D eigenvalue weighted by molar-refractivity contribution is -0.133. The molecule has 1 spiro atoms. The first-order valence-electron chi connectivity index (χ1n) is 9.91. The van der Waals surface area contributed by atoms with E-state index in [2.05, 4.69) is 78.2 Å². The van der Waals surface area contributed by atoms with E-state index in [0.717, 1.165) is 35.1 Å². The number of nitrogens with zero attached hydrogens (tertiary/aromatic N) is 3. The Morgan fingerprint density at radius 2 is 2.24 bits per heavy atom. The zero-order valence-electron chi connectivity index (χ0n) is 16.4. The molecule has 1 aromatic carbocycles. The fourth-order valence-electron chi connectivity index (χ4n) is 4.88. The maximum atomic E-state index is 12.9. The summed E-state index contributed by atoms with van der Waals surface area (Å²) in [7, 11) is 0. The number of amides is 1. The Hall–Kier alpha value is -2.60. The van der Waals surface area contributed by atoms with E-state index >= 15 is 0 Å². The van der Waals surface area contributed by atoms with Gasteiger partial charge in [0, 0.05) is 42.8 Å². The summed E-state index contributed by atoms with van der Waals surface area (Å²) in [5.41, 5.74) is 5.67. The van der Waals surface area contributed by atoms with E-state index in [1.807, 2.05) is 6.20 Å². The predicted molar refractivity (Wildman–Crippen MR) is 117 cm³/mol. The van der Waals surface area contributed by atoms with Crippen LogP contribution in [0.3, 0.4) is 0 Å². The maximum absolute atomic E-state index is 12.9. The van der Waals surface area contributed by atoms with Gasteiger partial charge in [0.05, 0.1) is 24.1 Å². The molecule has 0 bridgehead atoms. The highest BCUT2D eigenvalue weighted by molar-refractivity contribution is 9.10. The molecule has 3 aliphatic rings. The normalized spacial score (nSPS) is 22.8. The highest BCUT2D eigenvalue weighted by atomic mass is 79.9. The number of rotatable bonds is 2. The van der Waals surface area contributed by atoms with E-state index in [-0.39, 0.29) is 11.4 Å². The van der Waals surface area contributed by atoms with Crippen LogP contribution >= 0.6 is 15.9 Å². The smallest absolute Gasteiger partial charge is 0.220 e. The fourth-order valence-corrected chi connectivity index (χ4v) is 5.29. The molecule has 2 heterocycles. The van der Waals surface area contributed by atoms with Crippen LogP contribution < -0.4 is 4.90 Å². The van der Waals surface area contributed by atoms with Crippen molar-refractivity contribution in [2.75, 3.05) is 11.4 Å². The van der Waals surface area contributed by atoms with E-state index < -0.39 is 0 Å². The molecule has 0 saturated heterocycles. The molecule has 5 rings (SSSR count). The molecule has 6 heteroatoms. The Balaban J connectivity index is 1.62. The Morgan fingerprint density at radius 1 is 1.34 bits per heavy atom. The number of hydrogen-bond acceptors (Lipinski definition) is 3. The number of carbonyl (C=O) groups is 1. The summed E-state index contributed by atoms with van der Waals surface area (Å²) in [6.45, 7) is 3.74. The summed E-state index contributed by atoms with van der Waals surface area (Å²) in [6.07, 6.45) is 14.3. The van der Waals surface area contributed by atoms with Gasteiger partial charge in [0.25, 0.3) is 0 Å². The lowest BCUT2D eigenvalue weighted by Gasteiger charge is -2.40. The van der Waals surface area contributed by atoms with Crippen LogP contribution in [0.25, 0.3) is 0 Å². The van der Waals surface area contributed by atoms with E-state index in [1.54, 1.807) is 13.3 Å². The molecule has 2 aromatic rings. The summed E-state index contributed by atoms with van der Waals surface area (Å²) >= 11 is 3.61. The topological polar surface area (TPSA) is 52.2 Å². The van der Waals surface area contributed by atoms with Gasteiger partial charge in [-0.25, -0.2) is 4.98 Å². The third-order valence-corrected chi connectivity index (χ3v) is 6.62. The van der Waals surface area contributed by atoms with E-state index in [1.165, 1.54) is 16.8 Å². The second kappa shape index (κ2) is 7.02. The monoisotopic (exact) mass is 450 g/mol. The number of carbonyl (C=O) groups excluding carboxylic acids is 1. The van der Waals surface area contributed by atoms with Crippen LogP contribution in [0.15, 0.2) is 70.6 Å². The standard InChI is InChI=1S/C23H23BrN4O/c1-16(29)28-12-19-8-20(24)6-7-22(19)27(13-21-11-25-15-26-21)14-23(28)9-17-4-2-3-5-18(17)10-23/h2-4,6-8,10-11,15H,5,9,12-14H2,1H3,(H,25,26). The number of aromatic amines is 1. The molecule has 1 aliphatic heterocycles. The van der Waals surface area contributed by atoms with Crippen LogP contribution in [0.2, 0.25) is 0 Å². The first-order chi connectivity index (χ1) is 14.0. The number of hydrogen-bond donors (Lipinski definition) is 1. The van der Waals surface area contributed by atoms with Gasteiger partial charge in [-0.1, -0.05) is 40.2 Å². The largest absolute Gasteiger partial charge is 0.363 e. The number of benzene rings is 1. The Kier molecular flexibility index (Phi) is 4.46. The molecule has 5 nitrogen and oxygen atoms in total. The van der Waals surface area contributed by atoms with Gasteiger partial charge in [-0.2, -0.15) is 0 Å². The zero-order chi connectivity index (χ0) is 20.0. The number of anilines is 1. The highest BCUT2D eigenvalue weighted by Crippen LogP contribution is 2.45. The second-order valence-electron chi connectivity index (χ2n) is 8.07. The van der Waals surface area contributed by atoms with Crippen LogP contribution in [-0.4, -0.2) is 32.9 Å². The van der Waals surface area contributed by atoms with E-state index in [9.17, 15) is 4.79 Å². The molecule has 0 radical (unpaired) electrons. The molecule has 29 heavy (non-hydrogen) atoms. The van der Waals surface area contributed by atoms with Crippen molar-refractivity contribution in [3.05, 3.63) is 81.9 Å². The molecule has 148 valence electrons. The number of H-pyrrole nitrogens is 1. The highest BCUT2D eigenvalue weighted by Gasteiger charge is 2.45. The summed E-state index contributed by atoms with van der Waals surface area (Å²) < 4.78 is 1.03. The number of fused-ring (bicyclic) bond motifs is 2. The van der Waals surface area contributed by atoms with Crippen molar-refractivity contribution in [3.63, 3.8) is 0 Å². The number of imidazole rings is 1. The molecule has 1 atom stereocenters. The van der Waals surface area contributed by atoms with Gasteiger partial charge in [0.2, 0.25) is 5.91 Å². The molecular weight excluding hydrogens is 428 g/mol. The van der Waals surface area contributed by atoms with Crippen molar-refractivity contribution in [2.45, 2.75) is 38.4 Å². The molecule has 1 unspecified atom stereocenters. The average molecular weight is 451 g/mol. The van der Waals surface area contributed by atoms with Crippen LogP contribution in [0.5, 0.6) is 0 Å². The number of halogens is 1. The van der Waals surface area contributed by atoms with E-state index in [4.69, 9.17) is 0 Å². The zero-order valence-corrected chi connectivity index (χ0v) is 17.9. The number of allylic oxidation sites excluding steroid dienone is 4. The fraction of sp³-hybridized carbons (Fsp3) is 0.304. The van der Waals surface area contributed by atoms with Crippen LogP contribution in [0.4, 0.5) is 5.69 Å². The SMILES string of the molecule is CC(=O)N1Cc2cc(Br)ccc2N(Cc2c[nH]cn2)CC12C=C1CC=CC=C1C2. The van der Waals surface area contributed by atoms with Crippen molar-refractivity contribution in [1.82, 2.24) is 14.9 Å². The van der Waals surface area contributed by atoms with Crippen molar-refractivity contribution < 1.29 is 4.79 Å². The molecule has 1 N–H and O–H groups in total. The molecule has 0 saturated carbocycles. The summed E-state index contributed by atoms with van der Waals surface area (Å²) in [5, 5.41) is 0. The van der Waals surface area contributed by atoms with Gasteiger partial charge in [0.1, 0.15) is 0 Å². The minimum absolute atomic E-state index is 0.113. The predicted octanol–water partition coefficient (Wildman–Crippen LogP) is 4.50. The third-order valence-electron chi connectivity index (χ3n) is 6.12. The van der Waals surface area contributed by atoms with E-state index in [0.29, 0.717) is 13.1 Å². The molecule has 1 amide bonds. The van der Waals surface area contributed by atoms with Gasteiger partial charge in [-0.05, 0) is 41.3 Å². The summed E-state index contributed by atoms with van der Waals surface area (Å²) in [5.74, 6) is 0.113. The lowest BCUT2D eigenvalue weighted by atomic mass is 9.93. The van der Waals surface area contributed by atoms with Crippen molar-refractivity contribution in [3.8, 4) is 0 Å². The lowest BCUT2D eigenvalue weighted by Crippen LogP contribution is -2.53. The van der Waals surface area contributed by atoms with Gasteiger partial charge in [0.15, 0.2) is 0 Å². The minimum Gasteiger partial charge on any atom is -0.363 e. The Morgan fingerprint density at radius 3 is 3.00 bits per heavy atom. The Bertz CT molecular complexity index is 1050. The minimum atomic E-state index is -0.346. The van der Waals surface area contributed by atoms with Gasteiger partial charge >= 0.3 is 0 Å². The maximum Gasteiger partial charge on any atom is 0.220 e. The van der Waals surface area contributed by atoms with Crippen molar-refractivity contribution in [1.29, 1.82) is 0 Å². The first-order valence-corrected chi connectivity index (χ1v) is 10.7. The van der Waals surface area contributed by atoms with Crippen molar-refractivity contribution in [2.24, 2.45) is 0 Å². The van der Waals surface area contributed by atoms with Gasteiger partial charge < -0.3 is 14.8 Å². The third kappa shape index (κ3) is 3.25. The average Bonchev–Trinajstić information content (AvgIpc) is 3.30. The van der Waals surface area contributed by atoms with Gasteiger partial charge in [-0.3, -0.25) is 4.79 Å². The number of aromatic nitrogens is 2. The quantitative estimate of drug-likeness (QED) is 0.732. The van der Waals surface area contributed by atoms with Crippen LogP contribution in [0, 0.1) is 0 Å². The molecule has 0 fully saturated rings. The van der Waals surface area contributed by atoms with Crippen molar-refractivity contribution >= 4 is 27.5 Å². The van der Waals surface area contributed by atoms with Gasteiger partial charge in [-0.15, -0.1) is 0 Å². The number of nitrogens with one attached hydrogen (secondary N) is 1.